The largest absolute Gasteiger partial charge is 0.416 e. The molecule has 0 saturated carbocycles. The van der Waals surface area contributed by atoms with Gasteiger partial charge in [-0.1, -0.05) is 36.0 Å². The van der Waals surface area contributed by atoms with Crippen LogP contribution in [0.25, 0.3) is 22.1 Å². The first-order valence-electron chi connectivity index (χ1n) is 10.4. The number of carbonyl (C=O) groups is 1. The fourth-order valence-electron chi connectivity index (χ4n) is 3.97. The van der Waals surface area contributed by atoms with E-state index in [4.69, 9.17) is 4.42 Å². The van der Waals surface area contributed by atoms with Crippen molar-refractivity contribution in [1.29, 1.82) is 0 Å². The van der Waals surface area contributed by atoms with Crippen molar-refractivity contribution in [2.45, 2.75) is 24.6 Å². The fourth-order valence-corrected chi connectivity index (χ4v) is 4.63. The zero-order valence-corrected chi connectivity index (χ0v) is 17.9. The zero-order valence-electron chi connectivity index (χ0n) is 17.1. The summed E-state index contributed by atoms with van der Waals surface area (Å²) in [6.07, 6.45) is 1.25. The van der Waals surface area contributed by atoms with Crippen molar-refractivity contribution in [3.63, 3.8) is 0 Å². The lowest BCUT2D eigenvalue weighted by Crippen LogP contribution is -2.31. The molecule has 3 aromatic heterocycles. The number of H-pyrrole nitrogens is 1. The van der Waals surface area contributed by atoms with Crippen molar-refractivity contribution in [2.75, 3.05) is 17.2 Å². The van der Waals surface area contributed by atoms with E-state index in [1.807, 2.05) is 48.5 Å². The van der Waals surface area contributed by atoms with Crippen LogP contribution in [0.4, 0.5) is 5.95 Å². The van der Waals surface area contributed by atoms with Gasteiger partial charge in [0.2, 0.25) is 17.7 Å². The summed E-state index contributed by atoms with van der Waals surface area (Å²) in [7, 11) is 0. The Bertz CT molecular complexity index is 1400. The minimum Gasteiger partial charge on any atom is -0.416 e. The first-order valence-corrected chi connectivity index (χ1v) is 11.4. The number of nitrogens with one attached hydrogen (secondary N) is 1. The maximum Gasteiger partial charge on any atom is 0.277 e. The molecule has 6 rings (SSSR count). The Morgan fingerprint density at radius 3 is 2.75 bits per heavy atom. The number of hydrogen-bond acceptors (Lipinski definition) is 7. The number of aryl methyl sites for hydroxylation is 2. The topological polar surface area (TPSA) is 106 Å². The number of para-hydroxylation sites is 4. The number of rotatable bonds is 6. The molecule has 160 valence electrons. The second kappa shape index (κ2) is 7.79. The third-order valence-corrected chi connectivity index (χ3v) is 6.31. The van der Waals surface area contributed by atoms with Crippen LogP contribution in [0.1, 0.15) is 11.7 Å². The molecule has 0 radical (unpaired) electrons. The summed E-state index contributed by atoms with van der Waals surface area (Å²) < 4.78 is 7.80. The zero-order chi connectivity index (χ0) is 21.5. The lowest BCUT2D eigenvalue weighted by atomic mass is 10.3. The van der Waals surface area contributed by atoms with Crippen molar-refractivity contribution < 1.29 is 9.21 Å². The van der Waals surface area contributed by atoms with Gasteiger partial charge in [0.05, 0.1) is 27.8 Å². The Morgan fingerprint density at radius 2 is 1.84 bits per heavy atom. The van der Waals surface area contributed by atoms with Crippen LogP contribution in [-0.2, 0) is 24.2 Å². The van der Waals surface area contributed by atoms with Gasteiger partial charge in [-0.05, 0) is 24.3 Å². The quantitative estimate of drug-likeness (QED) is 0.400. The molecule has 2 aromatic carbocycles. The van der Waals surface area contributed by atoms with E-state index < -0.39 is 0 Å². The predicted octanol–water partition coefficient (Wildman–Crippen LogP) is 3.22. The number of thioether (sulfide) groups is 1. The van der Waals surface area contributed by atoms with E-state index in [9.17, 15) is 4.79 Å². The van der Waals surface area contributed by atoms with Crippen molar-refractivity contribution in [3.8, 4) is 0 Å². The summed E-state index contributed by atoms with van der Waals surface area (Å²) in [5, 5.41) is 8.57. The number of nitrogens with zero attached hydrogens (tertiary/aromatic N) is 6. The van der Waals surface area contributed by atoms with Gasteiger partial charge in [0.25, 0.3) is 5.22 Å². The van der Waals surface area contributed by atoms with Crippen LogP contribution >= 0.6 is 11.8 Å². The lowest BCUT2D eigenvalue weighted by molar-refractivity contribution is -0.116. The highest BCUT2D eigenvalue weighted by Gasteiger charge is 2.28. The maximum atomic E-state index is 12.8. The number of aromatic nitrogens is 6. The highest BCUT2D eigenvalue weighted by atomic mass is 32.2. The van der Waals surface area contributed by atoms with Gasteiger partial charge in [0, 0.05) is 25.9 Å². The summed E-state index contributed by atoms with van der Waals surface area (Å²) >= 11 is 1.25. The lowest BCUT2D eigenvalue weighted by Gasteiger charge is -2.12. The molecule has 5 aromatic rings. The van der Waals surface area contributed by atoms with Gasteiger partial charge in [-0.3, -0.25) is 9.69 Å². The van der Waals surface area contributed by atoms with E-state index in [2.05, 4.69) is 29.7 Å². The smallest absolute Gasteiger partial charge is 0.277 e. The molecule has 4 heterocycles. The van der Waals surface area contributed by atoms with Crippen molar-refractivity contribution in [3.05, 3.63) is 60.2 Å². The SMILES string of the molecule is O=C(CSc1nnc(CCc2nc3ccccc3[nH]2)o1)N1CCn2c1nc1ccccc12. The van der Waals surface area contributed by atoms with E-state index in [-0.39, 0.29) is 11.7 Å². The van der Waals surface area contributed by atoms with Gasteiger partial charge in [-0.2, -0.15) is 0 Å². The van der Waals surface area contributed by atoms with Gasteiger partial charge in [0.1, 0.15) is 5.82 Å². The number of aromatic amines is 1. The molecule has 0 saturated heterocycles. The minimum atomic E-state index is -0.0221. The molecule has 1 aliphatic rings. The van der Waals surface area contributed by atoms with E-state index >= 15 is 0 Å². The molecule has 1 N–H and O–H groups in total. The van der Waals surface area contributed by atoms with Crippen molar-refractivity contribution >= 4 is 45.7 Å². The van der Waals surface area contributed by atoms with E-state index in [0.29, 0.717) is 36.4 Å². The van der Waals surface area contributed by atoms with Crippen molar-refractivity contribution in [2.24, 2.45) is 0 Å². The fraction of sp³-hybridized carbons (Fsp3) is 0.227. The summed E-state index contributed by atoms with van der Waals surface area (Å²) in [6.45, 7) is 1.37. The van der Waals surface area contributed by atoms with Gasteiger partial charge in [-0.25, -0.2) is 9.97 Å². The summed E-state index contributed by atoms with van der Waals surface area (Å²) in [4.78, 5) is 27.0. The molecule has 0 aliphatic carbocycles. The Morgan fingerprint density at radius 1 is 1.00 bits per heavy atom. The van der Waals surface area contributed by atoms with E-state index in [1.54, 1.807) is 4.90 Å². The van der Waals surface area contributed by atoms with E-state index in [1.165, 1.54) is 11.8 Å². The monoisotopic (exact) mass is 445 g/mol. The molecule has 0 atom stereocenters. The average molecular weight is 446 g/mol. The Kier molecular flexibility index (Phi) is 4.64. The Balaban J connectivity index is 1.07. The van der Waals surface area contributed by atoms with Gasteiger partial charge in [0.15, 0.2) is 0 Å². The molecule has 0 bridgehead atoms. The standard InChI is InChI=1S/C22H19N7O2S/c30-20(29-12-11-28-17-8-4-3-7-16(17)25-21(28)29)13-32-22-27-26-19(31-22)10-9-18-23-14-5-1-2-6-15(14)24-18/h1-8H,9-13H2,(H,23,24). The van der Waals surface area contributed by atoms with Crippen LogP contribution < -0.4 is 4.90 Å². The second-order valence-electron chi connectivity index (χ2n) is 7.55. The number of imidazole rings is 2. The molecule has 10 heteroatoms. The van der Waals surface area contributed by atoms with Crippen LogP contribution in [-0.4, -0.2) is 47.9 Å². The third-order valence-electron chi connectivity index (χ3n) is 5.51. The molecule has 0 fully saturated rings. The summed E-state index contributed by atoms with van der Waals surface area (Å²) in [6, 6.07) is 15.8. The van der Waals surface area contributed by atoms with Crippen LogP contribution in [0.3, 0.4) is 0 Å². The number of amides is 1. The summed E-state index contributed by atoms with van der Waals surface area (Å²) in [5.74, 6) is 2.31. The number of benzene rings is 2. The Labute approximate surface area is 186 Å². The van der Waals surface area contributed by atoms with Gasteiger partial charge in [-0.15, -0.1) is 10.2 Å². The van der Waals surface area contributed by atoms with Crippen molar-refractivity contribution in [1.82, 2.24) is 29.7 Å². The molecule has 9 nitrogen and oxygen atoms in total. The average Bonchev–Trinajstić information content (AvgIpc) is 3.58. The van der Waals surface area contributed by atoms with Crippen LogP contribution in [0.15, 0.2) is 58.2 Å². The van der Waals surface area contributed by atoms with Crippen LogP contribution in [0, 0.1) is 0 Å². The number of anilines is 1. The second-order valence-corrected chi connectivity index (χ2v) is 8.48. The highest BCUT2D eigenvalue weighted by molar-refractivity contribution is 7.99. The molecule has 1 amide bonds. The first-order chi connectivity index (χ1) is 15.7. The highest BCUT2D eigenvalue weighted by Crippen LogP contribution is 2.28. The first kappa shape index (κ1) is 19.1. The molecular formula is C22H19N7O2S. The molecule has 1 aliphatic heterocycles. The Hall–Kier alpha value is -3.66. The summed E-state index contributed by atoms with van der Waals surface area (Å²) in [5.41, 5.74) is 3.91. The minimum absolute atomic E-state index is 0.0221. The van der Waals surface area contributed by atoms with Crippen LogP contribution in [0.2, 0.25) is 0 Å². The van der Waals surface area contributed by atoms with Gasteiger partial charge >= 0.3 is 0 Å². The molecule has 32 heavy (non-hydrogen) atoms. The maximum absolute atomic E-state index is 12.8. The van der Waals surface area contributed by atoms with E-state index in [0.717, 1.165) is 34.4 Å². The predicted molar refractivity (Wildman–Crippen MR) is 121 cm³/mol. The molecular weight excluding hydrogens is 426 g/mol. The number of hydrogen-bond donors (Lipinski definition) is 1. The molecule has 0 spiro atoms. The normalized spacial score (nSPS) is 13.3. The number of carbonyl (C=O) groups excluding carboxylic acids is 1. The van der Waals surface area contributed by atoms with Gasteiger partial charge < -0.3 is 14.0 Å². The molecule has 0 unspecified atom stereocenters. The number of fused-ring (bicyclic) bond motifs is 4. The third kappa shape index (κ3) is 3.42. The van der Waals surface area contributed by atoms with Crippen LogP contribution in [0.5, 0.6) is 0 Å².